The molecule has 0 aliphatic heterocycles. The SMILES string of the molecule is Cc1nc(C(=O)Nc2ccc3sc(-c4ccc(F)c(F)c4)nc3c2)c(C)o1. The van der Waals surface area contributed by atoms with Crippen LogP contribution >= 0.6 is 11.3 Å². The van der Waals surface area contributed by atoms with Crippen molar-refractivity contribution in [3.8, 4) is 10.6 Å². The lowest BCUT2D eigenvalue weighted by Gasteiger charge is -2.03. The maximum absolute atomic E-state index is 13.5. The molecule has 136 valence electrons. The fraction of sp³-hybridized carbons (Fsp3) is 0.105. The van der Waals surface area contributed by atoms with E-state index < -0.39 is 11.6 Å². The van der Waals surface area contributed by atoms with Crippen LogP contribution in [-0.4, -0.2) is 15.9 Å². The molecule has 1 amide bonds. The van der Waals surface area contributed by atoms with Gasteiger partial charge in [-0.15, -0.1) is 11.3 Å². The largest absolute Gasteiger partial charge is 0.445 e. The van der Waals surface area contributed by atoms with E-state index >= 15 is 0 Å². The van der Waals surface area contributed by atoms with Crippen LogP contribution in [0.15, 0.2) is 40.8 Å². The van der Waals surface area contributed by atoms with E-state index in [1.165, 1.54) is 17.4 Å². The molecule has 0 aliphatic rings. The topological polar surface area (TPSA) is 68.0 Å². The van der Waals surface area contributed by atoms with Gasteiger partial charge in [-0.2, -0.15) is 0 Å². The van der Waals surface area contributed by atoms with Gasteiger partial charge in [-0.3, -0.25) is 4.79 Å². The summed E-state index contributed by atoms with van der Waals surface area (Å²) in [6.45, 7) is 3.34. The first-order valence-corrected chi connectivity index (χ1v) is 8.84. The Morgan fingerprint density at radius 2 is 1.89 bits per heavy atom. The third-order valence-corrected chi connectivity index (χ3v) is 5.02. The van der Waals surface area contributed by atoms with Crippen LogP contribution in [0.25, 0.3) is 20.8 Å². The van der Waals surface area contributed by atoms with E-state index in [1.807, 2.05) is 6.07 Å². The quantitative estimate of drug-likeness (QED) is 0.533. The number of aromatic nitrogens is 2. The number of carbonyl (C=O) groups excluding carboxylic acids is 1. The monoisotopic (exact) mass is 385 g/mol. The van der Waals surface area contributed by atoms with Crippen molar-refractivity contribution in [2.75, 3.05) is 5.32 Å². The second-order valence-corrected chi connectivity index (χ2v) is 6.95. The van der Waals surface area contributed by atoms with E-state index in [4.69, 9.17) is 4.42 Å². The summed E-state index contributed by atoms with van der Waals surface area (Å²) in [5, 5.41) is 3.33. The van der Waals surface area contributed by atoms with Crippen LogP contribution < -0.4 is 5.32 Å². The molecule has 8 heteroatoms. The van der Waals surface area contributed by atoms with Gasteiger partial charge >= 0.3 is 0 Å². The number of fused-ring (bicyclic) bond motifs is 1. The number of nitrogens with one attached hydrogen (secondary N) is 1. The Labute approximate surface area is 156 Å². The molecular formula is C19H13F2N3O2S. The normalized spacial score (nSPS) is 11.1. The molecule has 2 heterocycles. The van der Waals surface area contributed by atoms with Crippen LogP contribution in [0, 0.1) is 25.5 Å². The predicted octanol–water partition coefficient (Wildman–Crippen LogP) is 5.10. The molecule has 2 aromatic heterocycles. The predicted molar refractivity (Wildman–Crippen MR) is 98.9 cm³/mol. The first-order chi connectivity index (χ1) is 12.9. The van der Waals surface area contributed by atoms with E-state index in [0.717, 1.165) is 16.8 Å². The zero-order chi connectivity index (χ0) is 19.1. The molecule has 2 aromatic carbocycles. The lowest BCUT2D eigenvalue weighted by Crippen LogP contribution is -2.13. The number of nitrogens with zero attached hydrogens (tertiary/aromatic N) is 2. The fourth-order valence-electron chi connectivity index (χ4n) is 2.69. The molecule has 5 nitrogen and oxygen atoms in total. The van der Waals surface area contributed by atoms with Crippen molar-refractivity contribution < 1.29 is 18.0 Å². The number of carbonyl (C=O) groups is 1. The molecule has 0 saturated heterocycles. The number of rotatable bonds is 3. The molecule has 0 spiro atoms. The molecule has 4 rings (SSSR count). The molecule has 0 aliphatic carbocycles. The van der Waals surface area contributed by atoms with Crippen molar-refractivity contribution in [3.63, 3.8) is 0 Å². The number of hydrogen-bond acceptors (Lipinski definition) is 5. The van der Waals surface area contributed by atoms with E-state index in [-0.39, 0.29) is 11.6 Å². The van der Waals surface area contributed by atoms with Gasteiger partial charge in [0, 0.05) is 18.2 Å². The Bertz CT molecular complexity index is 1180. The molecule has 4 aromatic rings. The Morgan fingerprint density at radius 1 is 1.07 bits per heavy atom. The number of oxazole rings is 1. The highest BCUT2D eigenvalue weighted by Crippen LogP contribution is 2.32. The minimum absolute atomic E-state index is 0.230. The highest BCUT2D eigenvalue weighted by Gasteiger charge is 2.16. The zero-order valence-corrected chi connectivity index (χ0v) is 15.2. The Kier molecular flexibility index (Phi) is 4.19. The summed E-state index contributed by atoms with van der Waals surface area (Å²) in [5.74, 6) is -1.33. The molecule has 0 unspecified atom stereocenters. The van der Waals surface area contributed by atoms with Gasteiger partial charge in [0.15, 0.2) is 23.2 Å². The minimum atomic E-state index is -0.919. The highest BCUT2D eigenvalue weighted by atomic mass is 32.1. The molecule has 0 saturated carbocycles. The molecule has 0 bridgehead atoms. The Morgan fingerprint density at radius 3 is 2.59 bits per heavy atom. The van der Waals surface area contributed by atoms with Crippen molar-refractivity contribution >= 4 is 33.1 Å². The first kappa shape index (κ1) is 17.3. The van der Waals surface area contributed by atoms with Crippen molar-refractivity contribution in [1.82, 2.24) is 9.97 Å². The van der Waals surface area contributed by atoms with E-state index in [9.17, 15) is 13.6 Å². The van der Waals surface area contributed by atoms with Crippen LogP contribution in [-0.2, 0) is 0 Å². The number of aryl methyl sites for hydroxylation is 2. The molecular weight excluding hydrogens is 372 g/mol. The summed E-state index contributed by atoms with van der Waals surface area (Å²) in [6, 6.07) is 8.95. The Balaban J connectivity index is 1.63. The standard InChI is InChI=1S/C19H13F2N3O2S/c1-9-17(22-10(2)26-9)18(25)23-12-4-6-16-15(8-12)24-19(27-16)11-3-5-13(20)14(21)7-11/h3-8H,1-2H3,(H,23,25). The van der Waals surface area contributed by atoms with Crippen molar-refractivity contribution in [1.29, 1.82) is 0 Å². The van der Waals surface area contributed by atoms with Crippen molar-refractivity contribution in [3.05, 3.63) is 65.4 Å². The second-order valence-electron chi connectivity index (χ2n) is 5.92. The smallest absolute Gasteiger partial charge is 0.277 e. The van der Waals surface area contributed by atoms with Gasteiger partial charge in [-0.1, -0.05) is 0 Å². The molecule has 27 heavy (non-hydrogen) atoms. The maximum atomic E-state index is 13.5. The summed E-state index contributed by atoms with van der Waals surface area (Å²) in [4.78, 5) is 20.9. The molecule has 0 fully saturated rings. The fourth-order valence-corrected chi connectivity index (χ4v) is 3.63. The van der Waals surface area contributed by atoms with E-state index in [0.29, 0.717) is 33.4 Å². The lowest BCUT2D eigenvalue weighted by atomic mass is 10.2. The average molecular weight is 385 g/mol. The van der Waals surface area contributed by atoms with Gasteiger partial charge in [0.2, 0.25) is 0 Å². The number of anilines is 1. The van der Waals surface area contributed by atoms with Crippen LogP contribution in [0.3, 0.4) is 0 Å². The van der Waals surface area contributed by atoms with Crippen LogP contribution in [0.1, 0.15) is 22.1 Å². The summed E-state index contributed by atoms with van der Waals surface area (Å²) < 4.78 is 32.7. The summed E-state index contributed by atoms with van der Waals surface area (Å²) in [7, 11) is 0. The Hall–Kier alpha value is -3.13. The third kappa shape index (κ3) is 3.31. The van der Waals surface area contributed by atoms with Crippen molar-refractivity contribution in [2.45, 2.75) is 13.8 Å². The van der Waals surface area contributed by atoms with E-state index in [2.05, 4.69) is 15.3 Å². The summed E-state index contributed by atoms with van der Waals surface area (Å²) in [6.07, 6.45) is 0. The van der Waals surface area contributed by atoms with Gasteiger partial charge in [-0.05, 0) is 43.3 Å². The average Bonchev–Trinajstić information content (AvgIpc) is 3.19. The minimum Gasteiger partial charge on any atom is -0.445 e. The van der Waals surface area contributed by atoms with Crippen LogP contribution in [0.2, 0.25) is 0 Å². The van der Waals surface area contributed by atoms with E-state index in [1.54, 1.807) is 26.0 Å². The number of hydrogen-bond donors (Lipinski definition) is 1. The molecule has 0 radical (unpaired) electrons. The lowest BCUT2D eigenvalue weighted by molar-refractivity contribution is 0.102. The molecule has 0 atom stereocenters. The highest BCUT2D eigenvalue weighted by molar-refractivity contribution is 7.21. The van der Waals surface area contributed by atoms with Gasteiger partial charge in [-0.25, -0.2) is 18.7 Å². The number of halogens is 2. The summed E-state index contributed by atoms with van der Waals surface area (Å²) >= 11 is 1.35. The summed E-state index contributed by atoms with van der Waals surface area (Å²) in [5.41, 5.74) is 1.92. The number of benzene rings is 2. The van der Waals surface area contributed by atoms with Gasteiger partial charge in [0.25, 0.3) is 5.91 Å². The third-order valence-electron chi connectivity index (χ3n) is 3.93. The van der Waals surface area contributed by atoms with Crippen LogP contribution in [0.5, 0.6) is 0 Å². The molecule has 1 N–H and O–H groups in total. The van der Waals surface area contributed by atoms with Gasteiger partial charge in [0.1, 0.15) is 10.8 Å². The van der Waals surface area contributed by atoms with Crippen LogP contribution in [0.4, 0.5) is 14.5 Å². The number of amides is 1. The van der Waals surface area contributed by atoms with Crippen molar-refractivity contribution in [2.24, 2.45) is 0 Å². The van der Waals surface area contributed by atoms with Gasteiger partial charge in [0.05, 0.1) is 10.2 Å². The first-order valence-electron chi connectivity index (χ1n) is 8.02. The maximum Gasteiger partial charge on any atom is 0.277 e. The number of thiazole rings is 1. The zero-order valence-electron chi connectivity index (χ0n) is 14.3. The second kappa shape index (κ2) is 6.55. The van der Waals surface area contributed by atoms with Gasteiger partial charge < -0.3 is 9.73 Å².